The molecule has 0 aromatic rings. The lowest BCUT2D eigenvalue weighted by Crippen LogP contribution is -2.62. The molecular formula is C7H3F6NO2. The van der Waals surface area contributed by atoms with Crippen molar-refractivity contribution in [2.24, 2.45) is 0 Å². The Morgan fingerprint density at radius 2 is 1.38 bits per heavy atom. The van der Waals surface area contributed by atoms with Crippen LogP contribution in [-0.2, 0) is 9.59 Å². The SMILES string of the molecule is O=C1C=CC(=O)N1C(F)(C(F)F)C(F)(F)F. The van der Waals surface area contributed by atoms with Crippen LogP contribution in [0.15, 0.2) is 12.2 Å². The number of carbonyl (C=O) groups is 2. The van der Waals surface area contributed by atoms with Gasteiger partial charge in [0.05, 0.1) is 0 Å². The molecule has 0 bridgehead atoms. The van der Waals surface area contributed by atoms with Crippen molar-refractivity contribution < 1.29 is 35.9 Å². The molecule has 1 unspecified atom stereocenters. The van der Waals surface area contributed by atoms with Gasteiger partial charge < -0.3 is 0 Å². The van der Waals surface area contributed by atoms with Crippen molar-refractivity contribution in [1.82, 2.24) is 4.90 Å². The van der Waals surface area contributed by atoms with E-state index in [0.29, 0.717) is 0 Å². The second-order valence-electron chi connectivity index (χ2n) is 2.82. The van der Waals surface area contributed by atoms with E-state index in [-0.39, 0.29) is 12.2 Å². The number of halogens is 6. The number of nitrogens with zero attached hydrogens (tertiary/aromatic N) is 1. The average Bonchev–Trinajstić information content (AvgIpc) is 2.43. The Morgan fingerprint density at radius 3 is 1.62 bits per heavy atom. The number of alkyl halides is 6. The van der Waals surface area contributed by atoms with Crippen LogP contribution in [0.4, 0.5) is 26.3 Å². The molecule has 0 aromatic heterocycles. The van der Waals surface area contributed by atoms with Gasteiger partial charge in [0.15, 0.2) is 0 Å². The Hall–Kier alpha value is -1.54. The highest BCUT2D eigenvalue weighted by Gasteiger charge is 2.69. The van der Waals surface area contributed by atoms with Crippen molar-refractivity contribution in [2.75, 3.05) is 0 Å². The van der Waals surface area contributed by atoms with Crippen LogP contribution in [0.3, 0.4) is 0 Å². The summed E-state index contributed by atoms with van der Waals surface area (Å²) in [6.45, 7) is 0. The molecular weight excluding hydrogens is 244 g/mol. The van der Waals surface area contributed by atoms with E-state index in [1.54, 1.807) is 0 Å². The second kappa shape index (κ2) is 3.49. The average molecular weight is 247 g/mol. The van der Waals surface area contributed by atoms with Crippen molar-refractivity contribution in [2.45, 2.75) is 18.4 Å². The number of hydrogen-bond acceptors (Lipinski definition) is 2. The Kier molecular flexibility index (Phi) is 2.74. The highest BCUT2D eigenvalue weighted by molar-refractivity contribution is 6.13. The molecule has 0 saturated carbocycles. The smallest absolute Gasteiger partial charge is 0.269 e. The van der Waals surface area contributed by atoms with E-state index >= 15 is 0 Å². The molecule has 3 nitrogen and oxygen atoms in total. The van der Waals surface area contributed by atoms with E-state index in [1.807, 2.05) is 0 Å². The number of hydrogen-bond donors (Lipinski definition) is 0. The zero-order valence-corrected chi connectivity index (χ0v) is 7.26. The highest BCUT2D eigenvalue weighted by Crippen LogP contribution is 2.42. The Balaban J connectivity index is 3.24. The third-order valence-corrected chi connectivity index (χ3v) is 1.82. The standard InChI is InChI=1S/C7H3F6NO2/c8-5(9)6(10,7(11,12)13)14-3(15)1-2-4(14)16/h1-2,5H. The molecule has 0 aliphatic carbocycles. The summed E-state index contributed by atoms with van der Waals surface area (Å²) in [6.07, 6.45) is -10.1. The van der Waals surface area contributed by atoms with Crippen LogP contribution in [0.1, 0.15) is 0 Å². The molecule has 0 fully saturated rings. The van der Waals surface area contributed by atoms with Gasteiger partial charge in [-0.15, -0.1) is 0 Å². The largest absolute Gasteiger partial charge is 0.448 e. The Labute approximate surface area is 84.3 Å². The molecule has 90 valence electrons. The van der Waals surface area contributed by atoms with Gasteiger partial charge in [-0.05, 0) is 0 Å². The molecule has 1 rings (SSSR count). The van der Waals surface area contributed by atoms with Crippen molar-refractivity contribution in [3.05, 3.63) is 12.2 Å². The molecule has 1 heterocycles. The maximum Gasteiger partial charge on any atom is 0.448 e. The van der Waals surface area contributed by atoms with Crippen molar-refractivity contribution in [3.63, 3.8) is 0 Å². The lowest BCUT2D eigenvalue weighted by Gasteiger charge is -2.33. The molecule has 0 saturated heterocycles. The first kappa shape index (κ1) is 12.5. The van der Waals surface area contributed by atoms with Gasteiger partial charge in [-0.3, -0.25) is 9.59 Å². The molecule has 9 heteroatoms. The van der Waals surface area contributed by atoms with E-state index in [2.05, 4.69) is 0 Å². The molecule has 16 heavy (non-hydrogen) atoms. The van der Waals surface area contributed by atoms with E-state index in [9.17, 15) is 35.9 Å². The van der Waals surface area contributed by atoms with Gasteiger partial charge >= 0.3 is 12.0 Å². The second-order valence-corrected chi connectivity index (χ2v) is 2.82. The maximum absolute atomic E-state index is 13.2. The van der Waals surface area contributed by atoms with E-state index in [0.717, 1.165) is 0 Å². The third-order valence-electron chi connectivity index (χ3n) is 1.82. The normalized spacial score (nSPS) is 20.8. The third kappa shape index (κ3) is 1.55. The van der Waals surface area contributed by atoms with Crippen LogP contribution < -0.4 is 0 Å². The maximum atomic E-state index is 13.2. The minimum atomic E-state index is -6.07. The van der Waals surface area contributed by atoms with E-state index < -0.39 is 35.1 Å². The number of carbonyl (C=O) groups excluding carboxylic acids is 2. The van der Waals surface area contributed by atoms with Gasteiger partial charge in [0, 0.05) is 12.2 Å². The molecule has 2 amide bonds. The summed E-state index contributed by atoms with van der Waals surface area (Å²) < 4.78 is 73.8. The van der Waals surface area contributed by atoms with Crippen LogP contribution in [0.2, 0.25) is 0 Å². The zero-order chi connectivity index (χ0) is 12.7. The summed E-state index contributed by atoms with van der Waals surface area (Å²) >= 11 is 0. The van der Waals surface area contributed by atoms with E-state index in [4.69, 9.17) is 0 Å². The zero-order valence-electron chi connectivity index (χ0n) is 7.26. The summed E-state index contributed by atoms with van der Waals surface area (Å²) in [7, 11) is 0. The van der Waals surface area contributed by atoms with Gasteiger partial charge in [-0.1, -0.05) is 0 Å². The summed E-state index contributed by atoms with van der Waals surface area (Å²) in [5, 5.41) is 0. The predicted molar refractivity (Wildman–Crippen MR) is 36.9 cm³/mol. The summed E-state index contributed by atoms with van der Waals surface area (Å²) in [4.78, 5) is 20.3. The Bertz CT molecular complexity index is 344. The number of imide groups is 1. The molecule has 0 aromatic carbocycles. The monoisotopic (exact) mass is 247 g/mol. The first-order chi connectivity index (χ1) is 7.12. The summed E-state index contributed by atoms with van der Waals surface area (Å²) in [5.41, 5.74) is 0. The molecule has 1 aliphatic rings. The topological polar surface area (TPSA) is 37.4 Å². The fourth-order valence-corrected chi connectivity index (χ4v) is 1.07. The van der Waals surface area contributed by atoms with Gasteiger partial charge in [-0.2, -0.15) is 13.2 Å². The van der Waals surface area contributed by atoms with E-state index in [1.165, 1.54) is 0 Å². The van der Waals surface area contributed by atoms with Crippen LogP contribution in [0.5, 0.6) is 0 Å². The Morgan fingerprint density at radius 1 is 1.00 bits per heavy atom. The fraction of sp³-hybridized carbons (Fsp3) is 0.429. The fourth-order valence-electron chi connectivity index (χ4n) is 1.07. The molecule has 0 N–H and O–H groups in total. The van der Waals surface area contributed by atoms with Crippen LogP contribution in [0.25, 0.3) is 0 Å². The summed E-state index contributed by atoms with van der Waals surface area (Å²) in [5.74, 6) is -8.85. The van der Waals surface area contributed by atoms with Crippen molar-refractivity contribution in [3.8, 4) is 0 Å². The molecule has 0 spiro atoms. The van der Waals surface area contributed by atoms with Crippen LogP contribution in [0, 0.1) is 0 Å². The van der Waals surface area contributed by atoms with Gasteiger partial charge in [0.25, 0.3) is 18.2 Å². The molecule has 0 radical (unpaired) electrons. The lowest BCUT2D eigenvalue weighted by atomic mass is 10.2. The number of rotatable bonds is 2. The number of amides is 2. The predicted octanol–water partition coefficient (Wildman–Crippen LogP) is 1.40. The first-order valence-corrected chi connectivity index (χ1v) is 3.72. The lowest BCUT2D eigenvalue weighted by molar-refractivity contribution is -0.308. The first-order valence-electron chi connectivity index (χ1n) is 3.72. The molecule has 1 aliphatic heterocycles. The van der Waals surface area contributed by atoms with Gasteiger partial charge in [-0.25, -0.2) is 18.1 Å². The quantitative estimate of drug-likeness (QED) is 0.420. The molecule has 1 atom stereocenters. The van der Waals surface area contributed by atoms with Crippen LogP contribution >= 0.6 is 0 Å². The van der Waals surface area contributed by atoms with Gasteiger partial charge in [0.2, 0.25) is 0 Å². The van der Waals surface area contributed by atoms with Crippen LogP contribution in [-0.4, -0.2) is 35.1 Å². The highest BCUT2D eigenvalue weighted by atomic mass is 19.4. The van der Waals surface area contributed by atoms with Crippen molar-refractivity contribution >= 4 is 11.8 Å². The van der Waals surface area contributed by atoms with Gasteiger partial charge in [0.1, 0.15) is 0 Å². The van der Waals surface area contributed by atoms with Crippen molar-refractivity contribution in [1.29, 1.82) is 0 Å². The minimum Gasteiger partial charge on any atom is -0.269 e. The minimum absolute atomic E-state index is 0.283. The summed E-state index contributed by atoms with van der Waals surface area (Å²) in [6, 6.07) is 0.